The molecular weight excluding hydrogens is 236 g/mol. The van der Waals surface area contributed by atoms with Gasteiger partial charge in [-0.1, -0.05) is 24.3 Å². The van der Waals surface area contributed by atoms with Gasteiger partial charge in [-0.05, 0) is 18.1 Å². The summed E-state index contributed by atoms with van der Waals surface area (Å²) in [5.74, 6) is 1.14. The number of hydrogen-bond acceptors (Lipinski definition) is 3. The summed E-state index contributed by atoms with van der Waals surface area (Å²) in [6.45, 7) is 5.96. The Morgan fingerprint density at radius 2 is 2.16 bits per heavy atom. The summed E-state index contributed by atoms with van der Waals surface area (Å²) < 4.78 is 2.22. The first-order valence-corrected chi connectivity index (χ1v) is 6.77. The lowest BCUT2D eigenvalue weighted by Crippen LogP contribution is -2.38. The molecule has 19 heavy (non-hydrogen) atoms. The Kier molecular flexibility index (Phi) is 3.36. The lowest BCUT2D eigenvalue weighted by atomic mass is 10.0. The van der Waals surface area contributed by atoms with Gasteiger partial charge in [-0.25, -0.2) is 4.98 Å². The van der Waals surface area contributed by atoms with E-state index >= 15 is 0 Å². The topological polar surface area (TPSA) is 47.1 Å². The van der Waals surface area contributed by atoms with Crippen LogP contribution >= 0.6 is 0 Å². The predicted molar refractivity (Wildman–Crippen MR) is 75.6 cm³/mol. The van der Waals surface area contributed by atoms with Crippen LogP contribution in [0.5, 0.6) is 0 Å². The molecule has 4 heteroatoms. The van der Waals surface area contributed by atoms with Gasteiger partial charge in [0.15, 0.2) is 0 Å². The maximum Gasteiger partial charge on any atom is 0.122 e. The number of nitrogens with zero attached hydrogens (tertiary/aromatic N) is 3. The summed E-state index contributed by atoms with van der Waals surface area (Å²) in [5, 5.41) is 0. The van der Waals surface area contributed by atoms with E-state index in [0.29, 0.717) is 0 Å². The zero-order chi connectivity index (χ0) is 13.2. The fourth-order valence-electron chi connectivity index (χ4n) is 2.76. The Hall–Kier alpha value is -1.65. The highest BCUT2D eigenvalue weighted by Crippen LogP contribution is 2.18. The zero-order valence-electron chi connectivity index (χ0n) is 11.3. The molecule has 3 rings (SSSR count). The second kappa shape index (κ2) is 5.15. The summed E-state index contributed by atoms with van der Waals surface area (Å²) in [6, 6.07) is 8.44. The van der Waals surface area contributed by atoms with Crippen molar-refractivity contribution in [2.75, 3.05) is 13.1 Å². The summed E-state index contributed by atoms with van der Waals surface area (Å²) >= 11 is 0. The fraction of sp³-hybridized carbons (Fsp3) is 0.400. The molecule has 0 radical (unpaired) electrons. The average molecular weight is 256 g/mol. The number of benzene rings is 1. The van der Waals surface area contributed by atoms with E-state index in [-0.39, 0.29) is 6.04 Å². The van der Waals surface area contributed by atoms with E-state index in [1.54, 1.807) is 0 Å². The van der Waals surface area contributed by atoms with Crippen LogP contribution in [-0.4, -0.2) is 27.5 Å². The quantitative estimate of drug-likeness (QED) is 0.909. The number of fused-ring (bicyclic) bond motifs is 1. The Labute approximate surface area is 113 Å². The first-order chi connectivity index (χ1) is 9.24. The molecule has 0 bridgehead atoms. The monoisotopic (exact) mass is 256 g/mol. The van der Waals surface area contributed by atoms with Gasteiger partial charge in [-0.15, -0.1) is 0 Å². The zero-order valence-corrected chi connectivity index (χ0v) is 11.3. The van der Waals surface area contributed by atoms with Gasteiger partial charge in [0.25, 0.3) is 0 Å². The number of nitrogens with two attached hydrogens (primary N) is 1. The molecule has 0 saturated carbocycles. The molecule has 100 valence electrons. The molecule has 2 heterocycles. The highest BCUT2D eigenvalue weighted by Gasteiger charge is 2.19. The number of imidazole rings is 1. The van der Waals surface area contributed by atoms with Crippen molar-refractivity contribution in [1.29, 1.82) is 0 Å². The van der Waals surface area contributed by atoms with Crippen LogP contribution in [0.15, 0.2) is 36.7 Å². The number of rotatable bonds is 3. The van der Waals surface area contributed by atoms with Crippen LogP contribution < -0.4 is 5.73 Å². The first-order valence-electron chi connectivity index (χ1n) is 6.77. The molecule has 0 fully saturated rings. The summed E-state index contributed by atoms with van der Waals surface area (Å²) in [5.41, 5.74) is 8.87. The molecule has 4 nitrogen and oxygen atoms in total. The standard InChI is InChI=1S/C15H20N4/c1-12-4-2-3-5-13(12)14(16)10-18-8-9-19-7-6-17-15(19)11-18/h2-7,14H,8-11,16H2,1H3. The van der Waals surface area contributed by atoms with Crippen LogP contribution in [0, 0.1) is 6.92 Å². The summed E-state index contributed by atoms with van der Waals surface area (Å²) in [7, 11) is 0. The molecule has 0 amide bonds. The van der Waals surface area contributed by atoms with Crippen LogP contribution in [0.3, 0.4) is 0 Å². The van der Waals surface area contributed by atoms with Gasteiger partial charge in [0.05, 0.1) is 6.54 Å². The molecule has 1 atom stereocenters. The Morgan fingerprint density at radius 3 is 3.00 bits per heavy atom. The van der Waals surface area contributed by atoms with Crippen molar-refractivity contribution in [3.05, 3.63) is 53.6 Å². The van der Waals surface area contributed by atoms with E-state index < -0.39 is 0 Å². The van der Waals surface area contributed by atoms with Gasteiger partial charge in [-0.3, -0.25) is 4.90 Å². The van der Waals surface area contributed by atoms with Crippen LogP contribution in [-0.2, 0) is 13.1 Å². The third-order valence-electron chi connectivity index (χ3n) is 3.87. The molecule has 2 aromatic rings. The molecule has 0 saturated heterocycles. The minimum absolute atomic E-state index is 0.0720. The molecule has 0 spiro atoms. The lowest BCUT2D eigenvalue weighted by Gasteiger charge is -2.30. The predicted octanol–water partition coefficient (Wildman–Crippen LogP) is 1.71. The van der Waals surface area contributed by atoms with Gasteiger partial charge >= 0.3 is 0 Å². The smallest absolute Gasteiger partial charge is 0.122 e. The van der Waals surface area contributed by atoms with Gasteiger partial charge in [0, 0.05) is 38.1 Å². The Morgan fingerprint density at radius 1 is 1.32 bits per heavy atom. The Balaban J connectivity index is 1.68. The highest BCUT2D eigenvalue weighted by molar-refractivity contribution is 5.28. The van der Waals surface area contributed by atoms with Crippen LogP contribution in [0.25, 0.3) is 0 Å². The van der Waals surface area contributed by atoms with Crippen molar-refractivity contribution < 1.29 is 0 Å². The van der Waals surface area contributed by atoms with E-state index in [2.05, 4.69) is 45.6 Å². The van der Waals surface area contributed by atoms with Gasteiger partial charge in [-0.2, -0.15) is 0 Å². The van der Waals surface area contributed by atoms with Crippen LogP contribution in [0.4, 0.5) is 0 Å². The van der Waals surface area contributed by atoms with Gasteiger partial charge in [0.1, 0.15) is 5.82 Å². The average Bonchev–Trinajstić information content (AvgIpc) is 2.86. The van der Waals surface area contributed by atoms with Gasteiger partial charge < -0.3 is 10.3 Å². The number of aromatic nitrogens is 2. The molecular formula is C15H20N4. The third-order valence-corrected chi connectivity index (χ3v) is 3.87. The third kappa shape index (κ3) is 2.55. The first kappa shape index (κ1) is 12.4. The largest absolute Gasteiger partial charge is 0.333 e. The summed E-state index contributed by atoms with van der Waals surface area (Å²) in [4.78, 5) is 6.77. The molecule has 1 unspecified atom stereocenters. The fourth-order valence-corrected chi connectivity index (χ4v) is 2.76. The van der Waals surface area contributed by atoms with Gasteiger partial charge in [0.2, 0.25) is 0 Å². The van der Waals surface area contributed by atoms with Crippen LogP contribution in [0.2, 0.25) is 0 Å². The second-order valence-corrected chi connectivity index (χ2v) is 5.24. The molecule has 1 aliphatic rings. The minimum atomic E-state index is 0.0720. The van der Waals surface area contributed by atoms with E-state index in [4.69, 9.17) is 5.73 Å². The summed E-state index contributed by atoms with van der Waals surface area (Å²) in [6.07, 6.45) is 3.92. The lowest BCUT2D eigenvalue weighted by molar-refractivity contribution is 0.205. The highest BCUT2D eigenvalue weighted by atomic mass is 15.2. The maximum atomic E-state index is 6.35. The molecule has 1 aromatic carbocycles. The molecule has 1 aromatic heterocycles. The van der Waals surface area contributed by atoms with Crippen molar-refractivity contribution in [1.82, 2.24) is 14.5 Å². The number of aryl methyl sites for hydroxylation is 1. The van der Waals surface area contributed by atoms with Crippen molar-refractivity contribution >= 4 is 0 Å². The van der Waals surface area contributed by atoms with Crippen LogP contribution in [0.1, 0.15) is 23.0 Å². The second-order valence-electron chi connectivity index (χ2n) is 5.24. The van der Waals surface area contributed by atoms with E-state index in [0.717, 1.165) is 32.0 Å². The Bertz CT molecular complexity index is 561. The number of hydrogen-bond donors (Lipinski definition) is 1. The van der Waals surface area contributed by atoms with Crippen molar-refractivity contribution in [3.63, 3.8) is 0 Å². The normalized spacial score (nSPS) is 17.2. The molecule has 1 aliphatic heterocycles. The molecule has 0 aliphatic carbocycles. The van der Waals surface area contributed by atoms with Crippen molar-refractivity contribution in [3.8, 4) is 0 Å². The maximum absolute atomic E-state index is 6.35. The van der Waals surface area contributed by atoms with E-state index in [9.17, 15) is 0 Å². The van der Waals surface area contributed by atoms with Crippen molar-refractivity contribution in [2.24, 2.45) is 5.73 Å². The van der Waals surface area contributed by atoms with E-state index in [1.165, 1.54) is 11.1 Å². The van der Waals surface area contributed by atoms with Crippen molar-refractivity contribution in [2.45, 2.75) is 26.1 Å². The molecule has 2 N–H and O–H groups in total. The van der Waals surface area contributed by atoms with E-state index in [1.807, 2.05) is 12.4 Å². The SMILES string of the molecule is Cc1ccccc1C(N)CN1CCn2ccnc2C1. The minimum Gasteiger partial charge on any atom is -0.333 e.